The van der Waals surface area contributed by atoms with Gasteiger partial charge in [0.2, 0.25) is 11.9 Å². The van der Waals surface area contributed by atoms with E-state index in [0.29, 0.717) is 44.4 Å². The number of aromatic nitrogens is 2. The molecule has 26 heavy (non-hydrogen) atoms. The van der Waals surface area contributed by atoms with Crippen LogP contribution < -0.4 is 5.32 Å². The van der Waals surface area contributed by atoms with Crippen molar-refractivity contribution >= 4 is 17.8 Å². The van der Waals surface area contributed by atoms with Crippen LogP contribution in [0, 0.1) is 6.92 Å². The minimum atomic E-state index is -0.130. The predicted molar refractivity (Wildman–Crippen MR) is 98.7 cm³/mol. The number of hydrogen-bond donors (Lipinski definition) is 1. The summed E-state index contributed by atoms with van der Waals surface area (Å²) in [5, 5.41) is 3.18. The molecule has 0 radical (unpaired) electrons. The molecule has 7 nitrogen and oxygen atoms in total. The molecule has 0 spiro atoms. The first kappa shape index (κ1) is 17.8. The van der Waals surface area contributed by atoms with Gasteiger partial charge in [0.15, 0.2) is 0 Å². The number of rotatable bonds is 4. The molecule has 1 aromatic heterocycles. The van der Waals surface area contributed by atoms with Gasteiger partial charge in [-0.2, -0.15) is 0 Å². The molecule has 0 atom stereocenters. The number of hydrogen-bond acceptors (Lipinski definition) is 5. The van der Waals surface area contributed by atoms with Crippen molar-refractivity contribution in [2.75, 3.05) is 31.5 Å². The van der Waals surface area contributed by atoms with Crippen LogP contribution in [0.3, 0.4) is 0 Å². The first-order chi connectivity index (χ1) is 12.5. The topological polar surface area (TPSA) is 78.4 Å². The molecule has 1 fully saturated rings. The first-order valence-electron chi connectivity index (χ1n) is 8.71. The van der Waals surface area contributed by atoms with E-state index >= 15 is 0 Å². The Bertz CT molecular complexity index is 800. The number of benzene rings is 1. The summed E-state index contributed by atoms with van der Waals surface area (Å²) < 4.78 is 0. The number of carbonyl (C=O) groups excluding carboxylic acids is 2. The van der Waals surface area contributed by atoms with Crippen molar-refractivity contribution in [2.24, 2.45) is 0 Å². The van der Waals surface area contributed by atoms with Crippen LogP contribution in [-0.2, 0) is 11.3 Å². The molecule has 136 valence electrons. The van der Waals surface area contributed by atoms with Crippen molar-refractivity contribution in [3.63, 3.8) is 0 Å². The van der Waals surface area contributed by atoms with Gasteiger partial charge in [0.1, 0.15) is 5.69 Å². The zero-order valence-corrected chi connectivity index (χ0v) is 15.1. The maximum absolute atomic E-state index is 12.7. The average molecular weight is 353 g/mol. The predicted octanol–water partition coefficient (Wildman–Crippen LogP) is 1.70. The van der Waals surface area contributed by atoms with Gasteiger partial charge in [-0.1, -0.05) is 24.3 Å². The smallest absolute Gasteiger partial charge is 0.272 e. The van der Waals surface area contributed by atoms with E-state index in [9.17, 15) is 9.59 Å². The molecule has 2 heterocycles. The van der Waals surface area contributed by atoms with Crippen LogP contribution in [0.4, 0.5) is 5.95 Å². The minimum absolute atomic E-state index is 0.0434. The summed E-state index contributed by atoms with van der Waals surface area (Å²) in [6, 6.07) is 9.72. The Balaban J connectivity index is 1.63. The van der Waals surface area contributed by atoms with E-state index < -0.39 is 0 Å². The van der Waals surface area contributed by atoms with Crippen molar-refractivity contribution in [1.29, 1.82) is 0 Å². The summed E-state index contributed by atoms with van der Waals surface area (Å²) in [6.45, 7) is 6.37. The third-order valence-corrected chi connectivity index (χ3v) is 4.59. The minimum Gasteiger partial charge on any atom is -0.350 e. The van der Waals surface area contributed by atoms with Crippen LogP contribution in [0.25, 0.3) is 0 Å². The van der Waals surface area contributed by atoms with E-state index in [-0.39, 0.29) is 11.8 Å². The Morgan fingerprint density at radius 3 is 2.46 bits per heavy atom. The fourth-order valence-electron chi connectivity index (χ4n) is 2.93. The fourth-order valence-corrected chi connectivity index (χ4v) is 2.93. The number of anilines is 1. The maximum Gasteiger partial charge on any atom is 0.272 e. The van der Waals surface area contributed by atoms with Gasteiger partial charge >= 0.3 is 0 Å². The molecule has 0 aliphatic carbocycles. The van der Waals surface area contributed by atoms with Crippen molar-refractivity contribution in [3.8, 4) is 0 Å². The number of nitrogens with one attached hydrogen (secondary N) is 1. The summed E-state index contributed by atoms with van der Waals surface area (Å²) in [5.74, 6) is 0.345. The van der Waals surface area contributed by atoms with Crippen molar-refractivity contribution in [2.45, 2.75) is 20.4 Å². The van der Waals surface area contributed by atoms with Crippen molar-refractivity contribution in [3.05, 3.63) is 53.3 Å². The van der Waals surface area contributed by atoms with Gasteiger partial charge in [0.25, 0.3) is 5.91 Å². The average Bonchev–Trinajstić information content (AvgIpc) is 2.67. The molecule has 1 aliphatic heterocycles. The Morgan fingerprint density at radius 1 is 1.08 bits per heavy atom. The number of aryl methyl sites for hydroxylation is 1. The molecule has 0 unspecified atom stereocenters. The monoisotopic (exact) mass is 353 g/mol. The normalized spacial score (nSPS) is 14.2. The highest BCUT2D eigenvalue weighted by atomic mass is 16.2. The summed E-state index contributed by atoms with van der Waals surface area (Å²) in [6.07, 6.45) is 1.59. The highest BCUT2D eigenvalue weighted by Gasteiger charge is 2.24. The molecule has 2 aromatic rings. The lowest BCUT2D eigenvalue weighted by molar-refractivity contribution is -0.130. The van der Waals surface area contributed by atoms with Gasteiger partial charge < -0.3 is 15.1 Å². The first-order valence-corrected chi connectivity index (χ1v) is 8.71. The third-order valence-electron chi connectivity index (χ3n) is 4.59. The molecule has 1 N–H and O–H groups in total. The molecule has 1 aliphatic rings. The molecule has 7 heteroatoms. The number of carbonyl (C=O) groups is 2. The van der Waals surface area contributed by atoms with Crippen LogP contribution in [0.1, 0.15) is 28.5 Å². The third kappa shape index (κ3) is 4.17. The van der Waals surface area contributed by atoms with Gasteiger partial charge in [-0.3, -0.25) is 9.59 Å². The summed E-state index contributed by atoms with van der Waals surface area (Å²) in [4.78, 5) is 36.1. The lowest BCUT2D eigenvalue weighted by Crippen LogP contribution is -2.50. The molecule has 2 amide bonds. The number of amides is 2. The second kappa shape index (κ2) is 7.95. The van der Waals surface area contributed by atoms with E-state index in [4.69, 9.17) is 0 Å². The lowest BCUT2D eigenvalue weighted by atomic mass is 10.1. The Hall–Kier alpha value is -2.96. The van der Waals surface area contributed by atoms with Crippen LogP contribution >= 0.6 is 0 Å². The van der Waals surface area contributed by atoms with Crippen molar-refractivity contribution < 1.29 is 9.59 Å². The molecule has 3 rings (SSSR count). The van der Waals surface area contributed by atoms with E-state index in [1.54, 1.807) is 29.0 Å². The van der Waals surface area contributed by atoms with E-state index in [2.05, 4.69) is 28.3 Å². The van der Waals surface area contributed by atoms with Gasteiger partial charge in [-0.05, 0) is 24.1 Å². The van der Waals surface area contributed by atoms with Crippen LogP contribution in [0.2, 0.25) is 0 Å². The fraction of sp³-hybridized carbons (Fsp3) is 0.368. The Kier molecular flexibility index (Phi) is 5.46. The van der Waals surface area contributed by atoms with E-state index in [0.717, 1.165) is 5.56 Å². The zero-order chi connectivity index (χ0) is 18.5. The second-order valence-electron chi connectivity index (χ2n) is 6.34. The summed E-state index contributed by atoms with van der Waals surface area (Å²) >= 11 is 0. The van der Waals surface area contributed by atoms with Gasteiger partial charge in [0, 0.05) is 45.8 Å². The number of nitrogens with zero attached hydrogens (tertiary/aromatic N) is 4. The Morgan fingerprint density at radius 2 is 1.77 bits per heavy atom. The van der Waals surface area contributed by atoms with Gasteiger partial charge in [0.05, 0.1) is 0 Å². The lowest BCUT2D eigenvalue weighted by Gasteiger charge is -2.34. The van der Waals surface area contributed by atoms with E-state index in [1.807, 2.05) is 18.2 Å². The number of piperazine rings is 1. The molecular formula is C19H23N5O2. The highest BCUT2D eigenvalue weighted by molar-refractivity contribution is 5.92. The highest BCUT2D eigenvalue weighted by Crippen LogP contribution is 2.11. The summed E-state index contributed by atoms with van der Waals surface area (Å²) in [5.41, 5.74) is 2.72. The summed E-state index contributed by atoms with van der Waals surface area (Å²) in [7, 11) is 0. The van der Waals surface area contributed by atoms with Crippen LogP contribution in [-0.4, -0.2) is 57.8 Å². The maximum atomic E-state index is 12.7. The molecule has 1 saturated heterocycles. The van der Waals surface area contributed by atoms with Gasteiger partial charge in [-0.25, -0.2) is 9.97 Å². The largest absolute Gasteiger partial charge is 0.350 e. The zero-order valence-electron chi connectivity index (χ0n) is 15.1. The molecule has 0 bridgehead atoms. The SMILES string of the molecule is CC(=O)N1CCN(C(=O)c2ccnc(NCc3ccccc3C)n2)CC1. The second-order valence-corrected chi connectivity index (χ2v) is 6.34. The van der Waals surface area contributed by atoms with Crippen LogP contribution in [0.5, 0.6) is 0 Å². The Labute approximate surface area is 153 Å². The van der Waals surface area contributed by atoms with Crippen LogP contribution in [0.15, 0.2) is 36.5 Å². The van der Waals surface area contributed by atoms with Crippen molar-refractivity contribution in [1.82, 2.24) is 19.8 Å². The standard InChI is InChI=1S/C19H23N5O2/c1-14-5-3-4-6-16(14)13-21-19-20-8-7-17(22-19)18(26)24-11-9-23(10-12-24)15(2)25/h3-8H,9-13H2,1-2H3,(H,20,21,22). The van der Waals surface area contributed by atoms with Gasteiger partial charge in [-0.15, -0.1) is 0 Å². The molecule has 1 aromatic carbocycles. The quantitative estimate of drug-likeness (QED) is 0.905. The molecule has 0 saturated carbocycles. The van der Waals surface area contributed by atoms with E-state index in [1.165, 1.54) is 5.56 Å². The molecular weight excluding hydrogens is 330 g/mol.